The summed E-state index contributed by atoms with van der Waals surface area (Å²) in [5.41, 5.74) is 1.67. The van der Waals surface area contributed by atoms with Crippen LogP contribution in [0.5, 0.6) is 5.75 Å². The summed E-state index contributed by atoms with van der Waals surface area (Å²) in [4.78, 5) is 39.0. The number of amides is 4. The molecule has 1 aliphatic heterocycles. The molecule has 0 spiro atoms. The summed E-state index contributed by atoms with van der Waals surface area (Å²) in [6.07, 6.45) is 1.33. The molecule has 3 aromatic carbocycles. The molecule has 1 saturated heterocycles. The summed E-state index contributed by atoms with van der Waals surface area (Å²) in [7, 11) is 0. The van der Waals surface area contributed by atoms with Gasteiger partial charge in [-0.15, -0.1) is 0 Å². The van der Waals surface area contributed by atoms with Crippen LogP contribution in [0.25, 0.3) is 6.08 Å². The molecule has 4 amide bonds. The number of hydrogen-bond donors (Lipinski definition) is 1. The fourth-order valence-corrected chi connectivity index (χ4v) is 4.63. The first kappa shape index (κ1) is 25.1. The number of aryl methyl sites for hydroxylation is 1. The predicted molar refractivity (Wildman–Crippen MR) is 138 cm³/mol. The highest BCUT2D eigenvalue weighted by atomic mass is 79.9. The van der Waals surface area contributed by atoms with E-state index in [2.05, 4.69) is 37.2 Å². The van der Waals surface area contributed by atoms with Gasteiger partial charge in [-0.25, -0.2) is 14.1 Å². The molecule has 0 bridgehead atoms. The van der Waals surface area contributed by atoms with Crippen LogP contribution in [0.15, 0.2) is 69.1 Å². The summed E-state index contributed by atoms with van der Waals surface area (Å²) >= 11 is 13.1. The molecule has 0 radical (unpaired) electrons. The molecule has 4 rings (SSSR count). The normalized spacial score (nSPS) is 14.9. The van der Waals surface area contributed by atoms with E-state index in [-0.39, 0.29) is 23.0 Å². The fourth-order valence-electron chi connectivity index (χ4n) is 3.39. The SMILES string of the molecule is Cc1cc(N2C(=O)NC(=O)/C(=C\c3cc(Cl)c(OCc4ccccc4F)c(Br)c3)C2=O)ccc1Br. The second-order valence-electron chi connectivity index (χ2n) is 7.59. The smallest absolute Gasteiger partial charge is 0.335 e. The highest BCUT2D eigenvalue weighted by molar-refractivity contribution is 9.10. The summed E-state index contributed by atoms with van der Waals surface area (Å²) in [6, 6.07) is 13.4. The highest BCUT2D eigenvalue weighted by Gasteiger charge is 2.37. The van der Waals surface area contributed by atoms with Crippen LogP contribution in [0.2, 0.25) is 5.02 Å². The molecule has 0 atom stereocenters. The van der Waals surface area contributed by atoms with Crippen molar-refractivity contribution in [3.05, 3.63) is 96.6 Å². The topological polar surface area (TPSA) is 75.7 Å². The van der Waals surface area contributed by atoms with Crippen molar-refractivity contribution in [1.82, 2.24) is 5.32 Å². The molecule has 0 aromatic heterocycles. The summed E-state index contributed by atoms with van der Waals surface area (Å²) < 4.78 is 20.8. The van der Waals surface area contributed by atoms with E-state index in [1.54, 1.807) is 42.5 Å². The largest absolute Gasteiger partial charge is 0.486 e. The number of anilines is 1. The van der Waals surface area contributed by atoms with Crippen LogP contribution in [0, 0.1) is 12.7 Å². The van der Waals surface area contributed by atoms with Crippen LogP contribution < -0.4 is 15.0 Å². The average Bonchev–Trinajstić information content (AvgIpc) is 2.79. The van der Waals surface area contributed by atoms with Gasteiger partial charge in [0, 0.05) is 10.0 Å². The van der Waals surface area contributed by atoms with Crippen LogP contribution in [0.1, 0.15) is 16.7 Å². The Kier molecular flexibility index (Phi) is 7.39. The van der Waals surface area contributed by atoms with Gasteiger partial charge in [-0.3, -0.25) is 14.9 Å². The molecule has 3 aromatic rings. The molecule has 1 fully saturated rings. The average molecular weight is 623 g/mol. The molecule has 1 N–H and O–H groups in total. The number of rotatable bonds is 5. The Morgan fingerprint density at radius 2 is 1.80 bits per heavy atom. The van der Waals surface area contributed by atoms with E-state index in [9.17, 15) is 18.8 Å². The number of imide groups is 2. The van der Waals surface area contributed by atoms with Gasteiger partial charge in [0.15, 0.2) is 5.75 Å². The maximum atomic E-state index is 13.9. The van der Waals surface area contributed by atoms with E-state index in [0.717, 1.165) is 14.9 Å². The zero-order valence-electron chi connectivity index (χ0n) is 18.1. The highest BCUT2D eigenvalue weighted by Crippen LogP contribution is 2.36. The second-order valence-corrected chi connectivity index (χ2v) is 9.70. The molecule has 0 saturated carbocycles. The fraction of sp³-hybridized carbons (Fsp3) is 0.0800. The minimum absolute atomic E-state index is 0.0456. The molecule has 6 nitrogen and oxygen atoms in total. The Morgan fingerprint density at radius 1 is 1.06 bits per heavy atom. The third-order valence-electron chi connectivity index (χ3n) is 5.16. The minimum Gasteiger partial charge on any atom is -0.486 e. The molecule has 0 aliphatic carbocycles. The zero-order valence-corrected chi connectivity index (χ0v) is 22.0. The lowest BCUT2D eigenvalue weighted by Gasteiger charge is -2.26. The molecule has 10 heteroatoms. The number of urea groups is 1. The van der Waals surface area contributed by atoms with Gasteiger partial charge in [0.05, 0.1) is 15.2 Å². The van der Waals surface area contributed by atoms with Crippen molar-refractivity contribution in [1.29, 1.82) is 0 Å². The van der Waals surface area contributed by atoms with Gasteiger partial charge in [0.1, 0.15) is 18.0 Å². The monoisotopic (exact) mass is 620 g/mol. The standard InChI is InChI=1S/C25H16Br2ClFN2O4/c1-13-8-16(6-7-18(13)26)31-24(33)17(23(32)30-25(31)34)9-14-10-19(27)22(20(28)11-14)35-12-15-4-2-3-5-21(15)29/h2-11H,12H2,1H3,(H,30,32,34)/b17-9+. The van der Waals surface area contributed by atoms with Crippen LogP contribution in [0.3, 0.4) is 0 Å². The number of benzene rings is 3. The van der Waals surface area contributed by atoms with E-state index in [1.165, 1.54) is 18.2 Å². The minimum atomic E-state index is -0.838. The zero-order chi connectivity index (χ0) is 25.3. The van der Waals surface area contributed by atoms with Gasteiger partial charge in [0.25, 0.3) is 11.8 Å². The molecule has 178 valence electrons. The Morgan fingerprint density at radius 3 is 2.49 bits per heavy atom. The Labute approximate surface area is 222 Å². The van der Waals surface area contributed by atoms with Crippen molar-refractivity contribution in [2.24, 2.45) is 0 Å². The predicted octanol–water partition coefficient (Wildman–Crippen LogP) is 6.56. The molecule has 0 unspecified atom stereocenters. The van der Waals surface area contributed by atoms with E-state index in [0.29, 0.717) is 21.3 Å². The number of nitrogens with one attached hydrogen (secondary N) is 1. The van der Waals surface area contributed by atoms with Crippen molar-refractivity contribution < 1.29 is 23.5 Å². The Hall–Kier alpha value is -3.01. The number of barbiturate groups is 1. The number of ether oxygens (including phenoxy) is 1. The number of halogens is 4. The Bertz CT molecular complexity index is 1390. The van der Waals surface area contributed by atoms with Crippen molar-refractivity contribution in [2.45, 2.75) is 13.5 Å². The van der Waals surface area contributed by atoms with Crippen molar-refractivity contribution >= 4 is 73.1 Å². The lowest BCUT2D eigenvalue weighted by Crippen LogP contribution is -2.54. The van der Waals surface area contributed by atoms with E-state index in [1.807, 2.05) is 6.92 Å². The maximum absolute atomic E-state index is 13.9. The van der Waals surface area contributed by atoms with Gasteiger partial charge in [-0.1, -0.05) is 45.7 Å². The Balaban J connectivity index is 1.62. The van der Waals surface area contributed by atoms with Crippen LogP contribution in [0.4, 0.5) is 14.9 Å². The van der Waals surface area contributed by atoms with Crippen molar-refractivity contribution in [3.63, 3.8) is 0 Å². The molecular formula is C25H16Br2ClFN2O4. The van der Waals surface area contributed by atoms with Gasteiger partial charge in [-0.2, -0.15) is 0 Å². The number of hydrogen-bond acceptors (Lipinski definition) is 4. The molecule has 35 heavy (non-hydrogen) atoms. The summed E-state index contributed by atoms with van der Waals surface area (Å²) in [5, 5.41) is 2.37. The molecule has 1 aliphatic rings. The van der Waals surface area contributed by atoms with E-state index < -0.39 is 23.7 Å². The van der Waals surface area contributed by atoms with Gasteiger partial charge < -0.3 is 4.74 Å². The first-order valence-corrected chi connectivity index (χ1v) is 12.1. The summed E-state index contributed by atoms with van der Waals surface area (Å²) in [5.74, 6) is -1.72. The number of nitrogens with zero attached hydrogens (tertiary/aromatic N) is 1. The van der Waals surface area contributed by atoms with E-state index >= 15 is 0 Å². The van der Waals surface area contributed by atoms with Crippen LogP contribution in [-0.4, -0.2) is 17.8 Å². The maximum Gasteiger partial charge on any atom is 0.335 e. The van der Waals surface area contributed by atoms with Gasteiger partial charge >= 0.3 is 6.03 Å². The number of carbonyl (C=O) groups excluding carboxylic acids is 3. The lowest BCUT2D eigenvalue weighted by molar-refractivity contribution is -0.122. The van der Waals surface area contributed by atoms with Crippen molar-refractivity contribution in [3.8, 4) is 5.75 Å². The quantitative estimate of drug-likeness (QED) is 0.259. The third kappa shape index (κ3) is 5.32. The molecular weight excluding hydrogens is 607 g/mol. The van der Waals surface area contributed by atoms with Crippen molar-refractivity contribution in [2.75, 3.05) is 4.90 Å². The second kappa shape index (κ2) is 10.3. The van der Waals surface area contributed by atoms with Gasteiger partial charge in [0.2, 0.25) is 0 Å². The first-order chi connectivity index (χ1) is 16.7. The van der Waals surface area contributed by atoms with Gasteiger partial charge in [-0.05, 0) is 76.5 Å². The number of carbonyl (C=O) groups is 3. The lowest BCUT2D eigenvalue weighted by atomic mass is 10.1. The molecule has 1 heterocycles. The summed E-state index contributed by atoms with van der Waals surface area (Å²) in [6.45, 7) is 1.77. The van der Waals surface area contributed by atoms with Crippen LogP contribution in [-0.2, 0) is 16.2 Å². The van der Waals surface area contributed by atoms with E-state index in [4.69, 9.17) is 16.3 Å². The first-order valence-electron chi connectivity index (χ1n) is 10.2. The third-order valence-corrected chi connectivity index (χ3v) is 6.92. The van der Waals surface area contributed by atoms with Crippen LogP contribution >= 0.6 is 43.5 Å².